The first-order valence-corrected chi connectivity index (χ1v) is 20.8. The molecule has 0 saturated carbocycles. The zero-order valence-corrected chi connectivity index (χ0v) is 33.2. The van der Waals surface area contributed by atoms with Gasteiger partial charge in [-0.3, -0.25) is 0 Å². The lowest BCUT2D eigenvalue weighted by Crippen LogP contribution is -2.11. The monoisotopic (exact) mass is 778 g/mol. The molecule has 0 amide bonds. The van der Waals surface area contributed by atoms with Crippen LogP contribution in [-0.2, 0) is 0 Å². The Hall–Kier alpha value is -8.14. The van der Waals surface area contributed by atoms with E-state index >= 15 is 0 Å². The van der Waals surface area contributed by atoms with E-state index in [2.05, 4.69) is 240 Å². The van der Waals surface area contributed by atoms with Crippen LogP contribution in [0.2, 0.25) is 0 Å². The number of furan rings is 1. The molecular weight excluding hydrogens is 741 g/mol. The topological polar surface area (TPSA) is 21.3 Å². The molecule has 61 heavy (non-hydrogen) atoms. The molecule has 0 N–H and O–H groups in total. The molecule has 0 spiro atoms. The molecule has 12 aromatic rings. The minimum atomic E-state index is 0.863. The summed E-state index contributed by atoms with van der Waals surface area (Å²) in [4.78, 5) is 2.40. The number of rotatable bonds is 7. The van der Waals surface area contributed by atoms with E-state index in [1.807, 2.05) is 0 Å². The summed E-state index contributed by atoms with van der Waals surface area (Å²) in [5, 5.41) is 6.97. The van der Waals surface area contributed by atoms with Gasteiger partial charge in [-0.15, -0.1) is 0 Å². The summed E-state index contributed by atoms with van der Waals surface area (Å²) in [6.07, 6.45) is 0. The van der Waals surface area contributed by atoms with Gasteiger partial charge in [0.1, 0.15) is 11.2 Å². The Kier molecular flexibility index (Phi) is 8.17. The Morgan fingerprint density at radius 1 is 0.361 bits per heavy atom. The van der Waals surface area contributed by atoms with E-state index < -0.39 is 0 Å². The van der Waals surface area contributed by atoms with E-state index in [9.17, 15) is 0 Å². The van der Waals surface area contributed by atoms with Gasteiger partial charge in [0.15, 0.2) is 0 Å². The zero-order chi connectivity index (χ0) is 40.3. The fourth-order valence-electron chi connectivity index (χ4n) is 9.35. The van der Waals surface area contributed by atoms with E-state index in [4.69, 9.17) is 4.42 Å². The van der Waals surface area contributed by atoms with Crippen molar-refractivity contribution in [2.75, 3.05) is 4.90 Å². The average Bonchev–Trinajstić information content (AvgIpc) is 3.89. The first-order chi connectivity index (χ1) is 30.3. The third-order valence-electron chi connectivity index (χ3n) is 12.2. The van der Waals surface area contributed by atoms with Crippen molar-refractivity contribution in [3.63, 3.8) is 0 Å². The van der Waals surface area contributed by atoms with Crippen molar-refractivity contribution in [3.05, 3.63) is 231 Å². The number of fused-ring (bicyclic) bond motifs is 8. The van der Waals surface area contributed by atoms with Crippen LogP contribution < -0.4 is 4.90 Å². The summed E-state index contributed by atoms with van der Waals surface area (Å²) < 4.78 is 9.07. The van der Waals surface area contributed by atoms with Crippen molar-refractivity contribution in [1.29, 1.82) is 0 Å². The van der Waals surface area contributed by atoms with Crippen molar-refractivity contribution in [2.45, 2.75) is 0 Å². The Balaban J connectivity index is 0.978. The third-order valence-corrected chi connectivity index (χ3v) is 12.2. The first-order valence-electron chi connectivity index (χ1n) is 20.8. The van der Waals surface area contributed by atoms with Crippen LogP contribution in [0.4, 0.5) is 17.1 Å². The van der Waals surface area contributed by atoms with Crippen LogP contribution >= 0.6 is 0 Å². The molecule has 10 aromatic carbocycles. The summed E-state index contributed by atoms with van der Waals surface area (Å²) in [6, 6.07) is 82.8. The van der Waals surface area contributed by atoms with Gasteiger partial charge in [0.05, 0.1) is 27.8 Å². The Labute approximate surface area is 353 Å². The van der Waals surface area contributed by atoms with Gasteiger partial charge in [0.25, 0.3) is 0 Å². The molecule has 2 aromatic heterocycles. The highest BCUT2D eigenvalue weighted by molar-refractivity contribution is 6.20. The molecule has 0 atom stereocenters. The second kappa shape index (κ2) is 14.3. The number of para-hydroxylation sites is 3. The van der Waals surface area contributed by atoms with Crippen LogP contribution in [0.3, 0.4) is 0 Å². The molecule has 3 heteroatoms. The first kappa shape index (κ1) is 34.9. The second-order valence-corrected chi connectivity index (χ2v) is 15.7. The third kappa shape index (κ3) is 5.82. The molecule has 0 fully saturated rings. The molecule has 286 valence electrons. The van der Waals surface area contributed by atoms with Crippen LogP contribution in [-0.4, -0.2) is 4.57 Å². The number of anilines is 3. The Morgan fingerprint density at radius 3 is 1.84 bits per heavy atom. The maximum absolute atomic E-state index is 6.71. The van der Waals surface area contributed by atoms with E-state index in [1.165, 1.54) is 38.5 Å². The van der Waals surface area contributed by atoms with Gasteiger partial charge in [0, 0.05) is 38.5 Å². The van der Waals surface area contributed by atoms with Gasteiger partial charge in [-0.2, -0.15) is 0 Å². The fraction of sp³-hybridized carbons (Fsp3) is 0. The van der Waals surface area contributed by atoms with Crippen molar-refractivity contribution in [1.82, 2.24) is 4.57 Å². The van der Waals surface area contributed by atoms with Crippen molar-refractivity contribution in [3.8, 4) is 39.1 Å². The van der Waals surface area contributed by atoms with Crippen molar-refractivity contribution in [2.24, 2.45) is 0 Å². The van der Waals surface area contributed by atoms with Crippen LogP contribution in [0.1, 0.15) is 0 Å². The van der Waals surface area contributed by atoms with E-state index in [-0.39, 0.29) is 0 Å². The summed E-state index contributed by atoms with van der Waals surface area (Å²) >= 11 is 0. The summed E-state index contributed by atoms with van der Waals surface area (Å²) in [5.74, 6) is 0. The largest absolute Gasteiger partial charge is 0.455 e. The second-order valence-electron chi connectivity index (χ2n) is 15.7. The lowest BCUT2D eigenvalue weighted by atomic mass is 9.97. The number of hydrogen-bond donors (Lipinski definition) is 0. The lowest BCUT2D eigenvalue weighted by Gasteiger charge is -2.28. The molecule has 0 radical (unpaired) electrons. The van der Waals surface area contributed by atoms with Gasteiger partial charge >= 0.3 is 0 Å². The number of aromatic nitrogens is 1. The maximum Gasteiger partial charge on any atom is 0.143 e. The SMILES string of the molecule is c1ccc(-c2ccccc2N(c2ccc(-c3cccc(-c4ccc5c(c4)c4ccccc4n5-c4ccccc4)c3)cc2)c2cccc3oc4c5ccccc5ccc4c23)cc1. The highest BCUT2D eigenvalue weighted by Gasteiger charge is 2.23. The molecule has 0 aliphatic rings. The zero-order valence-electron chi connectivity index (χ0n) is 33.2. The molecule has 0 unspecified atom stereocenters. The molecule has 0 aliphatic carbocycles. The standard InChI is InChI=1S/C58H38N2O/c1-3-15-40(16-4-1)47-22-9-11-25-52(47)60(55-27-14-28-56-57(55)50-35-31-41-17-7-8-23-48(41)58(50)61-56)46-33-29-39(30-34-46)42-18-13-19-43(37-42)44-32-36-54-51(38-44)49-24-10-12-26-53(49)59(54)45-20-5-2-6-21-45/h1-38H. The van der Waals surface area contributed by atoms with Crippen LogP contribution in [0.5, 0.6) is 0 Å². The minimum Gasteiger partial charge on any atom is -0.455 e. The molecule has 12 rings (SSSR count). The van der Waals surface area contributed by atoms with E-state index in [1.54, 1.807) is 0 Å². The molecule has 0 bridgehead atoms. The smallest absolute Gasteiger partial charge is 0.143 e. The molecule has 0 saturated heterocycles. The minimum absolute atomic E-state index is 0.863. The van der Waals surface area contributed by atoms with Gasteiger partial charge in [-0.05, 0) is 106 Å². The molecule has 0 aliphatic heterocycles. The number of nitrogens with zero attached hydrogens (tertiary/aromatic N) is 2. The van der Waals surface area contributed by atoms with Crippen LogP contribution in [0.15, 0.2) is 235 Å². The van der Waals surface area contributed by atoms with Crippen LogP contribution in [0.25, 0.3) is 93.6 Å². The summed E-state index contributed by atoms with van der Waals surface area (Å²) in [6.45, 7) is 0. The predicted octanol–water partition coefficient (Wildman–Crippen LogP) is 16.3. The Morgan fingerprint density at radius 2 is 0.984 bits per heavy atom. The highest BCUT2D eigenvalue weighted by atomic mass is 16.3. The Bertz CT molecular complexity index is 3580. The predicted molar refractivity (Wildman–Crippen MR) is 257 cm³/mol. The van der Waals surface area contributed by atoms with Gasteiger partial charge in [0.2, 0.25) is 0 Å². The highest BCUT2D eigenvalue weighted by Crippen LogP contribution is 2.47. The number of benzene rings is 10. The molecule has 2 heterocycles. The molecule has 3 nitrogen and oxygen atoms in total. The van der Waals surface area contributed by atoms with Crippen molar-refractivity contribution < 1.29 is 4.42 Å². The fourth-order valence-corrected chi connectivity index (χ4v) is 9.35. The normalized spacial score (nSPS) is 11.6. The summed E-state index contributed by atoms with van der Waals surface area (Å²) in [7, 11) is 0. The lowest BCUT2D eigenvalue weighted by molar-refractivity contribution is 0.672. The number of hydrogen-bond acceptors (Lipinski definition) is 2. The molecular formula is C58H38N2O. The average molecular weight is 779 g/mol. The maximum atomic E-state index is 6.71. The summed E-state index contributed by atoms with van der Waals surface area (Å²) in [5.41, 5.74) is 15.6. The van der Waals surface area contributed by atoms with Crippen molar-refractivity contribution >= 4 is 71.6 Å². The van der Waals surface area contributed by atoms with E-state index in [0.717, 1.165) is 72.2 Å². The quantitative estimate of drug-likeness (QED) is 0.161. The van der Waals surface area contributed by atoms with Gasteiger partial charge in [-0.1, -0.05) is 158 Å². The van der Waals surface area contributed by atoms with Gasteiger partial charge < -0.3 is 13.9 Å². The van der Waals surface area contributed by atoms with E-state index in [0.29, 0.717) is 0 Å². The van der Waals surface area contributed by atoms with Gasteiger partial charge in [-0.25, -0.2) is 0 Å². The van der Waals surface area contributed by atoms with Crippen LogP contribution in [0, 0.1) is 0 Å².